The molecule has 3 nitrogen and oxygen atoms in total. The molecule has 1 aromatic heterocycles. The molecule has 0 spiro atoms. The van der Waals surface area contributed by atoms with E-state index in [0.29, 0.717) is 0 Å². The minimum Gasteiger partial charge on any atom is -0.271 e. The number of nitrogens with one attached hydrogen (secondary N) is 1. The Morgan fingerprint density at radius 1 is 1.00 bits per heavy atom. The average molecular weight is 227 g/mol. The molecule has 0 fully saturated rings. The lowest BCUT2D eigenvalue weighted by atomic mass is 10.0. The summed E-state index contributed by atoms with van der Waals surface area (Å²) in [6.45, 7) is 0. The summed E-state index contributed by atoms with van der Waals surface area (Å²) in [4.78, 5) is 4.11. The minimum absolute atomic E-state index is 0.238. The van der Waals surface area contributed by atoms with Crippen LogP contribution in [0.5, 0.6) is 0 Å². The predicted octanol–water partition coefficient (Wildman–Crippen LogP) is 1.70. The number of hydrazine groups is 1. The van der Waals surface area contributed by atoms with E-state index in [2.05, 4.69) is 28.6 Å². The molecule has 1 unspecified atom stereocenters. The van der Waals surface area contributed by atoms with Gasteiger partial charge in [-0.05, 0) is 30.0 Å². The van der Waals surface area contributed by atoms with Gasteiger partial charge in [-0.2, -0.15) is 0 Å². The number of rotatable bonds is 5. The van der Waals surface area contributed by atoms with Gasteiger partial charge in [0.15, 0.2) is 0 Å². The Morgan fingerprint density at radius 2 is 1.71 bits per heavy atom. The number of hydrogen-bond donors (Lipinski definition) is 2. The second-order valence-electron chi connectivity index (χ2n) is 4.12. The average Bonchev–Trinajstić information content (AvgIpc) is 2.40. The third kappa shape index (κ3) is 3.66. The van der Waals surface area contributed by atoms with E-state index in [9.17, 15) is 0 Å². The van der Waals surface area contributed by atoms with Gasteiger partial charge in [0.05, 0.1) is 0 Å². The van der Waals surface area contributed by atoms with Crippen molar-refractivity contribution in [1.82, 2.24) is 10.4 Å². The van der Waals surface area contributed by atoms with E-state index in [1.807, 2.05) is 30.5 Å². The quantitative estimate of drug-likeness (QED) is 0.604. The van der Waals surface area contributed by atoms with Gasteiger partial charge in [0.2, 0.25) is 0 Å². The molecule has 0 aliphatic carbocycles. The fourth-order valence-electron chi connectivity index (χ4n) is 1.89. The summed E-state index contributed by atoms with van der Waals surface area (Å²) in [6, 6.07) is 14.6. The van der Waals surface area contributed by atoms with Gasteiger partial charge in [-0.3, -0.25) is 16.3 Å². The zero-order chi connectivity index (χ0) is 11.9. The molecule has 0 radical (unpaired) electrons. The molecule has 0 aliphatic rings. The van der Waals surface area contributed by atoms with Gasteiger partial charge in [0.25, 0.3) is 0 Å². The SMILES string of the molecule is NNC(Cc1ccccc1)Cc1cccnc1. The van der Waals surface area contributed by atoms with Crippen LogP contribution in [0.15, 0.2) is 54.9 Å². The topological polar surface area (TPSA) is 50.9 Å². The van der Waals surface area contributed by atoms with Crippen molar-refractivity contribution < 1.29 is 0 Å². The Morgan fingerprint density at radius 3 is 2.35 bits per heavy atom. The van der Waals surface area contributed by atoms with Gasteiger partial charge in [0.1, 0.15) is 0 Å². The van der Waals surface area contributed by atoms with E-state index < -0.39 is 0 Å². The van der Waals surface area contributed by atoms with Crippen LogP contribution in [0.4, 0.5) is 0 Å². The van der Waals surface area contributed by atoms with Crippen LogP contribution in [0, 0.1) is 0 Å². The lowest BCUT2D eigenvalue weighted by Gasteiger charge is -2.15. The molecule has 1 atom stereocenters. The molecule has 2 rings (SSSR count). The van der Waals surface area contributed by atoms with Crippen molar-refractivity contribution in [3.05, 3.63) is 66.0 Å². The third-order valence-electron chi connectivity index (χ3n) is 2.77. The molecule has 0 amide bonds. The molecule has 0 saturated carbocycles. The fourth-order valence-corrected chi connectivity index (χ4v) is 1.89. The van der Waals surface area contributed by atoms with Crippen LogP contribution in [0.25, 0.3) is 0 Å². The Kier molecular flexibility index (Phi) is 4.24. The molecule has 1 heterocycles. The van der Waals surface area contributed by atoms with E-state index >= 15 is 0 Å². The van der Waals surface area contributed by atoms with Crippen molar-refractivity contribution >= 4 is 0 Å². The summed E-state index contributed by atoms with van der Waals surface area (Å²) < 4.78 is 0. The molecule has 17 heavy (non-hydrogen) atoms. The number of benzene rings is 1. The maximum atomic E-state index is 5.60. The van der Waals surface area contributed by atoms with Gasteiger partial charge in [-0.15, -0.1) is 0 Å². The van der Waals surface area contributed by atoms with Crippen molar-refractivity contribution in [3.8, 4) is 0 Å². The molecule has 0 saturated heterocycles. The lowest BCUT2D eigenvalue weighted by molar-refractivity contribution is 0.522. The summed E-state index contributed by atoms with van der Waals surface area (Å²) in [5.41, 5.74) is 5.36. The first-order valence-electron chi connectivity index (χ1n) is 5.77. The maximum Gasteiger partial charge on any atom is 0.0300 e. The summed E-state index contributed by atoms with van der Waals surface area (Å²) in [6.07, 6.45) is 5.48. The second-order valence-corrected chi connectivity index (χ2v) is 4.12. The predicted molar refractivity (Wildman–Crippen MR) is 69.2 cm³/mol. The van der Waals surface area contributed by atoms with Crippen molar-refractivity contribution in [1.29, 1.82) is 0 Å². The van der Waals surface area contributed by atoms with Gasteiger partial charge in [-0.1, -0.05) is 36.4 Å². The van der Waals surface area contributed by atoms with Crippen LogP contribution in [0.1, 0.15) is 11.1 Å². The van der Waals surface area contributed by atoms with Crippen LogP contribution in [-0.2, 0) is 12.8 Å². The number of nitrogens with zero attached hydrogens (tertiary/aromatic N) is 1. The first-order valence-corrected chi connectivity index (χ1v) is 5.77. The first-order chi connectivity index (χ1) is 8.38. The monoisotopic (exact) mass is 227 g/mol. The molecule has 3 N–H and O–H groups in total. The highest BCUT2D eigenvalue weighted by Gasteiger charge is 2.08. The van der Waals surface area contributed by atoms with Crippen LogP contribution >= 0.6 is 0 Å². The van der Waals surface area contributed by atoms with Crippen molar-refractivity contribution in [2.75, 3.05) is 0 Å². The van der Waals surface area contributed by atoms with Crippen LogP contribution < -0.4 is 11.3 Å². The van der Waals surface area contributed by atoms with Crippen molar-refractivity contribution in [2.45, 2.75) is 18.9 Å². The van der Waals surface area contributed by atoms with Gasteiger partial charge < -0.3 is 0 Å². The Bertz CT molecular complexity index is 386. The standard InChI is InChI=1S/C14H17N3/c15-17-14(9-12-5-2-1-3-6-12)10-13-7-4-8-16-11-13/h1-8,11,14,17H,9-10,15H2. The molecular formula is C14H17N3. The molecule has 88 valence electrons. The number of pyridine rings is 1. The number of nitrogens with two attached hydrogens (primary N) is 1. The third-order valence-corrected chi connectivity index (χ3v) is 2.77. The first kappa shape index (κ1) is 11.8. The highest BCUT2D eigenvalue weighted by Crippen LogP contribution is 2.07. The minimum atomic E-state index is 0.238. The van der Waals surface area contributed by atoms with Gasteiger partial charge >= 0.3 is 0 Å². The van der Waals surface area contributed by atoms with Gasteiger partial charge in [-0.25, -0.2) is 0 Å². The highest BCUT2D eigenvalue weighted by atomic mass is 15.2. The van der Waals surface area contributed by atoms with Crippen molar-refractivity contribution in [2.24, 2.45) is 5.84 Å². The Balaban J connectivity index is 1.98. The largest absolute Gasteiger partial charge is 0.271 e. The Hall–Kier alpha value is -1.71. The molecule has 2 aromatic rings. The zero-order valence-corrected chi connectivity index (χ0v) is 9.71. The van der Waals surface area contributed by atoms with E-state index in [4.69, 9.17) is 5.84 Å². The van der Waals surface area contributed by atoms with Crippen LogP contribution in [0.2, 0.25) is 0 Å². The molecule has 0 aliphatic heterocycles. The van der Waals surface area contributed by atoms with E-state index in [1.165, 1.54) is 11.1 Å². The summed E-state index contributed by atoms with van der Waals surface area (Å²) >= 11 is 0. The number of hydrogen-bond acceptors (Lipinski definition) is 3. The normalized spacial score (nSPS) is 12.3. The molecular weight excluding hydrogens is 210 g/mol. The van der Waals surface area contributed by atoms with E-state index in [0.717, 1.165) is 12.8 Å². The molecule has 1 aromatic carbocycles. The number of aromatic nitrogens is 1. The summed E-state index contributed by atoms with van der Waals surface area (Å²) in [5, 5.41) is 0. The zero-order valence-electron chi connectivity index (χ0n) is 9.71. The Labute approximate surface area is 102 Å². The maximum absolute atomic E-state index is 5.60. The lowest BCUT2D eigenvalue weighted by Crippen LogP contribution is -2.38. The summed E-state index contributed by atoms with van der Waals surface area (Å²) in [5.74, 6) is 5.60. The van der Waals surface area contributed by atoms with Gasteiger partial charge in [0, 0.05) is 18.4 Å². The van der Waals surface area contributed by atoms with E-state index in [-0.39, 0.29) is 6.04 Å². The van der Waals surface area contributed by atoms with Crippen LogP contribution in [-0.4, -0.2) is 11.0 Å². The summed E-state index contributed by atoms with van der Waals surface area (Å²) in [7, 11) is 0. The smallest absolute Gasteiger partial charge is 0.0300 e. The fraction of sp³-hybridized carbons (Fsp3) is 0.214. The van der Waals surface area contributed by atoms with Crippen LogP contribution in [0.3, 0.4) is 0 Å². The highest BCUT2D eigenvalue weighted by molar-refractivity contribution is 5.17. The van der Waals surface area contributed by atoms with Crippen molar-refractivity contribution in [3.63, 3.8) is 0 Å². The molecule has 3 heteroatoms. The van der Waals surface area contributed by atoms with E-state index in [1.54, 1.807) is 6.20 Å². The molecule has 0 bridgehead atoms. The second kappa shape index (κ2) is 6.13.